The Balaban J connectivity index is 2.01. The minimum absolute atomic E-state index is 0.0928. The number of aromatic hydroxyl groups is 4. The van der Waals surface area contributed by atoms with Gasteiger partial charge in [-0.1, -0.05) is 6.07 Å². The van der Waals surface area contributed by atoms with E-state index >= 15 is 0 Å². The van der Waals surface area contributed by atoms with Gasteiger partial charge in [-0.3, -0.25) is 4.21 Å². The van der Waals surface area contributed by atoms with Gasteiger partial charge in [-0.05, 0) is 17.7 Å². The largest absolute Gasteiger partial charge is 0.508 e. The second kappa shape index (κ2) is 4.85. The maximum atomic E-state index is 12.2. The van der Waals surface area contributed by atoms with Crippen molar-refractivity contribution < 1.29 is 29.4 Å². The topological polar surface area (TPSA) is 107 Å². The number of rotatable bonds is 1. The zero-order valence-electron chi connectivity index (χ0n) is 10.7. The normalized spacial score (nSPS) is 20.6. The fraction of sp³-hybridized carbons (Fsp3) is 0.143. The lowest BCUT2D eigenvalue weighted by molar-refractivity contribution is 0.214. The van der Waals surface area contributed by atoms with Crippen LogP contribution < -0.4 is 4.74 Å². The summed E-state index contributed by atoms with van der Waals surface area (Å²) in [6, 6.07) is 6.56. The van der Waals surface area contributed by atoms with Gasteiger partial charge in [0.25, 0.3) is 0 Å². The third-order valence-corrected chi connectivity index (χ3v) is 4.66. The van der Waals surface area contributed by atoms with Gasteiger partial charge >= 0.3 is 0 Å². The monoisotopic (exact) mass is 308 g/mol. The first-order chi connectivity index (χ1) is 9.95. The second-order valence-corrected chi connectivity index (χ2v) is 6.09. The summed E-state index contributed by atoms with van der Waals surface area (Å²) in [6.07, 6.45) is -0.619. The number of phenolic OH excluding ortho intramolecular Hbond substituents is 4. The molecular weight excluding hydrogens is 296 g/mol. The molecule has 2 aromatic rings. The van der Waals surface area contributed by atoms with Crippen molar-refractivity contribution in [2.45, 2.75) is 11.0 Å². The first kappa shape index (κ1) is 13.6. The molecule has 2 atom stereocenters. The molecule has 0 fully saturated rings. The first-order valence-electron chi connectivity index (χ1n) is 6.08. The van der Waals surface area contributed by atoms with Crippen molar-refractivity contribution >= 4 is 10.8 Å². The van der Waals surface area contributed by atoms with Gasteiger partial charge in [0.2, 0.25) is 0 Å². The van der Waals surface area contributed by atoms with Crippen LogP contribution in [0.4, 0.5) is 0 Å². The average Bonchev–Trinajstić information content (AvgIpc) is 2.40. The number of phenols is 4. The smallest absolute Gasteiger partial charge is 0.157 e. The highest BCUT2D eigenvalue weighted by atomic mass is 32.2. The summed E-state index contributed by atoms with van der Waals surface area (Å²) >= 11 is 0. The van der Waals surface area contributed by atoms with E-state index in [2.05, 4.69) is 0 Å². The van der Waals surface area contributed by atoms with Gasteiger partial charge in [-0.25, -0.2) is 0 Å². The van der Waals surface area contributed by atoms with Crippen molar-refractivity contribution in [1.29, 1.82) is 0 Å². The van der Waals surface area contributed by atoms with E-state index in [1.54, 1.807) is 6.07 Å². The van der Waals surface area contributed by atoms with Crippen LogP contribution >= 0.6 is 0 Å². The van der Waals surface area contributed by atoms with Crippen LogP contribution in [0.3, 0.4) is 0 Å². The third kappa shape index (κ3) is 2.36. The van der Waals surface area contributed by atoms with Gasteiger partial charge in [-0.15, -0.1) is 0 Å². The Labute approximate surface area is 122 Å². The molecule has 2 aromatic carbocycles. The Hall–Kier alpha value is -2.41. The van der Waals surface area contributed by atoms with Crippen LogP contribution in [0.5, 0.6) is 28.7 Å². The van der Waals surface area contributed by atoms with Gasteiger partial charge in [-0.2, -0.15) is 0 Å². The van der Waals surface area contributed by atoms with Gasteiger partial charge in [0, 0.05) is 12.1 Å². The number of hydrogen-bond acceptors (Lipinski definition) is 6. The van der Waals surface area contributed by atoms with Crippen LogP contribution in [0.2, 0.25) is 0 Å². The molecule has 7 heteroatoms. The molecule has 0 bridgehead atoms. The molecule has 0 saturated heterocycles. The van der Waals surface area contributed by atoms with Crippen molar-refractivity contribution in [1.82, 2.24) is 0 Å². The molecule has 0 aliphatic carbocycles. The maximum absolute atomic E-state index is 12.2. The molecule has 4 N–H and O–H groups in total. The molecule has 0 radical (unpaired) electrons. The van der Waals surface area contributed by atoms with Crippen molar-refractivity contribution in [3.8, 4) is 28.7 Å². The zero-order chi connectivity index (χ0) is 15.1. The van der Waals surface area contributed by atoms with Gasteiger partial charge in [0.15, 0.2) is 11.5 Å². The lowest BCUT2D eigenvalue weighted by Crippen LogP contribution is -2.21. The number of fused-ring (bicyclic) bond motifs is 1. The fourth-order valence-electron chi connectivity index (χ4n) is 2.20. The molecule has 1 aliphatic heterocycles. The fourth-order valence-corrected chi connectivity index (χ4v) is 3.53. The molecule has 0 amide bonds. The Morgan fingerprint density at radius 1 is 1.00 bits per heavy atom. The maximum Gasteiger partial charge on any atom is 0.157 e. The minimum atomic E-state index is -1.51. The highest BCUT2D eigenvalue weighted by molar-refractivity contribution is 7.85. The van der Waals surface area contributed by atoms with E-state index in [1.165, 1.54) is 18.2 Å². The lowest BCUT2D eigenvalue weighted by Gasteiger charge is -2.26. The predicted molar refractivity (Wildman–Crippen MR) is 74.2 cm³/mol. The van der Waals surface area contributed by atoms with Gasteiger partial charge in [0.05, 0.1) is 16.6 Å². The minimum Gasteiger partial charge on any atom is -0.508 e. The van der Waals surface area contributed by atoms with Crippen LogP contribution in [-0.4, -0.2) is 30.4 Å². The van der Waals surface area contributed by atoms with Crippen LogP contribution in [-0.2, 0) is 10.8 Å². The number of ether oxygens (including phenoxy) is 1. The molecule has 6 nitrogen and oxygen atoms in total. The van der Waals surface area contributed by atoms with Crippen LogP contribution in [0.1, 0.15) is 11.7 Å². The standard InChI is InChI=1S/C14H12O6S/c15-8-4-11(18)14-12(5-8)20-13(6-21(14)19)7-1-2-9(16)10(17)3-7/h1-5,13,15-18H,6H2. The van der Waals surface area contributed by atoms with Crippen LogP contribution in [0.15, 0.2) is 35.2 Å². The SMILES string of the molecule is O=S1CC(c2ccc(O)c(O)c2)Oc2cc(O)cc(O)c21. The molecule has 1 aliphatic rings. The first-order valence-corrected chi connectivity index (χ1v) is 7.40. The van der Waals surface area contributed by atoms with Crippen LogP contribution in [0.25, 0.3) is 0 Å². The predicted octanol–water partition coefficient (Wildman–Crippen LogP) is 1.75. The van der Waals surface area contributed by atoms with Crippen molar-refractivity contribution in [2.75, 3.05) is 5.75 Å². The average molecular weight is 308 g/mol. The molecule has 0 spiro atoms. The Morgan fingerprint density at radius 3 is 2.48 bits per heavy atom. The van der Waals surface area contributed by atoms with Crippen molar-refractivity contribution in [3.63, 3.8) is 0 Å². The van der Waals surface area contributed by atoms with E-state index in [9.17, 15) is 24.6 Å². The molecule has 1 heterocycles. The van der Waals surface area contributed by atoms with E-state index < -0.39 is 16.9 Å². The van der Waals surface area contributed by atoms with Gasteiger partial charge in [0.1, 0.15) is 28.2 Å². The summed E-state index contributed by atoms with van der Waals surface area (Å²) < 4.78 is 17.9. The summed E-state index contributed by atoms with van der Waals surface area (Å²) in [5.74, 6) is -0.810. The van der Waals surface area contributed by atoms with Crippen LogP contribution in [0, 0.1) is 0 Å². The van der Waals surface area contributed by atoms with Crippen molar-refractivity contribution in [3.05, 3.63) is 35.9 Å². The summed E-state index contributed by atoms with van der Waals surface area (Å²) in [6.45, 7) is 0. The summed E-state index contributed by atoms with van der Waals surface area (Å²) in [7, 11) is -1.51. The molecule has 0 saturated carbocycles. The van der Waals surface area contributed by atoms with E-state index in [1.807, 2.05) is 0 Å². The molecule has 0 aromatic heterocycles. The molecular formula is C14H12O6S. The third-order valence-electron chi connectivity index (χ3n) is 3.19. The zero-order valence-corrected chi connectivity index (χ0v) is 11.5. The molecule has 110 valence electrons. The highest BCUT2D eigenvalue weighted by Gasteiger charge is 2.30. The second-order valence-electron chi connectivity index (χ2n) is 4.66. The summed E-state index contributed by atoms with van der Waals surface area (Å²) in [5, 5.41) is 38.0. The molecule has 21 heavy (non-hydrogen) atoms. The number of benzene rings is 2. The van der Waals surface area contributed by atoms with E-state index in [4.69, 9.17) is 4.74 Å². The van der Waals surface area contributed by atoms with E-state index in [0.717, 1.165) is 6.07 Å². The Morgan fingerprint density at radius 2 is 1.76 bits per heavy atom. The molecule has 2 unspecified atom stereocenters. The quantitative estimate of drug-likeness (QED) is 0.598. The van der Waals surface area contributed by atoms with E-state index in [0.29, 0.717) is 5.56 Å². The Bertz CT molecular complexity index is 742. The van der Waals surface area contributed by atoms with E-state index in [-0.39, 0.29) is 39.4 Å². The van der Waals surface area contributed by atoms with Crippen molar-refractivity contribution in [2.24, 2.45) is 0 Å². The summed E-state index contributed by atoms with van der Waals surface area (Å²) in [4.78, 5) is 0.145. The summed E-state index contributed by atoms with van der Waals surface area (Å²) in [5.41, 5.74) is 0.534. The van der Waals surface area contributed by atoms with Gasteiger partial charge < -0.3 is 25.2 Å². The number of hydrogen-bond donors (Lipinski definition) is 4. The highest BCUT2D eigenvalue weighted by Crippen LogP contribution is 2.42. The molecule has 3 rings (SSSR count). The lowest BCUT2D eigenvalue weighted by atomic mass is 10.1. The Kier molecular flexibility index (Phi) is 3.13.